The van der Waals surface area contributed by atoms with Crippen molar-refractivity contribution < 1.29 is 0 Å². The van der Waals surface area contributed by atoms with Crippen LogP contribution in [-0.2, 0) is 6.42 Å². The molecule has 0 saturated heterocycles. The van der Waals surface area contributed by atoms with Crippen molar-refractivity contribution in [3.8, 4) is 0 Å². The van der Waals surface area contributed by atoms with E-state index in [-0.39, 0.29) is 0 Å². The standard InChI is InChI=1S/C16H26S/c1-2-3-4-5-6-7-8-9-10-11-12-16-13-14-17-15-16/h2,13-15H,1,3-12H2. The van der Waals surface area contributed by atoms with E-state index < -0.39 is 0 Å². The molecule has 0 atom stereocenters. The smallest absolute Gasteiger partial charge is 0.00613 e. The van der Waals surface area contributed by atoms with Crippen LogP contribution in [0.3, 0.4) is 0 Å². The van der Waals surface area contributed by atoms with Gasteiger partial charge in [0.25, 0.3) is 0 Å². The first-order valence-electron chi connectivity index (χ1n) is 7.05. The Balaban J connectivity index is 1.77. The number of aryl methyl sites for hydroxylation is 1. The zero-order valence-electron chi connectivity index (χ0n) is 11.0. The van der Waals surface area contributed by atoms with Crippen LogP contribution >= 0.6 is 11.3 Å². The molecule has 0 N–H and O–H groups in total. The van der Waals surface area contributed by atoms with Crippen molar-refractivity contribution in [2.24, 2.45) is 0 Å². The Morgan fingerprint density at radius 2 is 1.59 bits per heavy atom. The average Bonchev–Trinajstić information content (AvgIpc) is 2.85. The van der Waals surface area contributed by atoms with E-state index in [1.807, 2.05) is 17.4 Å². The lowest BCUT2D eigenvalue weighted by Gasteiger charge is -2.01. The molecule has 96 valence electrons. The Bertz CT molecular complexity index is 261. The molecule has 0 aliphatic rings. The number of hydrogen-bond acceptors (Lipinski definition) is 1. The Morgan fingerprint density at radius 1 is 0.941 bits per heavy atom. The highest BCUT2D eigenvalue weighted by Gasteiger charge is 1.94. The van der Waals surface area contributed by atoms with Gasteiger partial charge in [0.2, 0.25) is 0 Å². The van der Waals surface area contributed by atoms with Crippen LogP contribution in [0.25, 0.3) is 0 Å². The summed E-state index contributed by atoms with van der Waals surface area (Å²) in [5, 5.41) is 4.46. The summed E-state index contributed by atoms with van der Waals surface area (Å²) in [4.78, 5) is 0. The van der Waals surface area contributed by atoms with Gasteiger partial charge in [-0.15, -0.1) is 6.58 Å². The Hall–Kier alpha value is -0.560. The molecule has 0 fully saturated rings. The van der Waals surface area contributed by atoms with E-state index in [4.69, 9.17) is 0 Å². The van der Waals surface area contributed by atoms with Crippen LogP contribution < -0.4 is 0 Å². The molecule has 0 nitrogen and oxygen atoms in total. The zero-order valence-corrected chi connectivity index (χ0v) is 11.8. The van der Waals surface area contributed by atoms with Crippen molar-refractivity contribution >= 4 is 11.3 Å². The molecule has 0 amide bonds. The van der Waals surface area contributed by atoms with Gasteiger partial charge in [0, 0.05) is 0 Å². The molecular weight excluding hydrogens is 224 g/mol. The molecule has 1 heteroatoms. The third-order valence-corrected chi connectivity index (χ3v) is 3.94. The molecule has 0 saturated carbocycles. The Morgan fingerprint density at radius 3 is 2.18 bits per heavy atom. The highest BCUT2D eigenvalue weighted by Crippen LogP contribution is 2.13. The van der Waals surface area contributed by atoms with E-state index in [2.05, 4.69) is 23.4 Å². The second kappa shape index (κ2) is 10.6. The molecular formula is C16H26S. The van der Waals surface area contributed by atoms with Gasteiger partial charge in [-0.25, -0.2) is 0 Å². The molecule has 17 heavy (non-hydrogen) atoms. The quantitative estimate of drug-likeness (QED) is 0.334. The first-order chi connectivity index (χ1) is 8.43. The number of hydrogen-bond donors (Lipinski definition) is 0. The number of rotatable bonds is 11. The fourth-order valence-corrected chi connectivity index (χ4v) is 2.82. The van der Waals surface area contributed by atoms with Crippen LogP contribution in [0, 0.1) is 0 Å². The molecule has 1 aromatic rings. The third kappa shape index (κ3) is 8.20. The van der Waals surface area contributed by atoms with Crippen LogP contribution in [0.15, 0.2) is 29.5 Å². The minimum atomic E-state index is 1.20. The monoisotopic (exact) mass is 250 g/mol. The fraction of sp³-hybridized carbons (Fsp3) is 0.625. The van der Waals surface area contributed by atoms with Crippen LogP contribution in [0.1, 0.15) is 63.4 Å². The van der Waals surface area contributed by atoms with Gasteiger partial charge in [0.05, 0.1) is 0 Å². The Labute approximate surface area is 111 Å². The first kappa shape index (κ1) is 14.5. The maximum atomic E-state index is 3.75. The summed E-state index contributed by atoms with van der Waals surface area (Å²) in [5.74, 6) is 0. The average molecular weight is 250 g/mol. The second-order valence-corrected chi connectivity index (χ2v) is 5.57. The summed E-state index contributed by atoms with van der Waals surface area (Å²) in [6.07, 6.45) is 15.7. The van der Waals surface area contributed by atoms with Crippen molar-refractivity contribution in [2.45, 2.75) is 64.2 Å². The molecule has 0 radical (unpaired) electrons. The van der Waals surface area contributed by atoms with Crippen molar-refractivity contribution in [1.82, 2.24) is 0 Å². The molecule has 1 aromatic heterocycles. The number of unbranched alkanes of at least 4 members (excludes halogenated alkanes) is 8. The minimum Gasteiger partial charge on any atom is -0.152 e. The number of thiophene rings is 1. The van der Waals surface area contributed by atoms with Crippen LogP contribution in [0.5, 0.6) is 0 Å². The fourth-order valence-electron chi connectivity index (χ4n) is 2.11. The first-order valence-corrected chi connectivity index (χ1v) is 7.99. The van der Waals surface area contributed by atoms with Crippen molar-refractivity contribution in [2.75, 3.05) is 0 Å². The predicted molar refractivity (Wildman–Crippen MR) is 79.8 cm³/mol. The van der Waals surface area contributed by atoms with Crippen LogP contribution in [-0.4, -0.2) is 0 Å². The highest BCUT2D eigenvalue weighted by atomic mass is 32.1. The molecule has 0 unspecified atom stereocenters. The lowest BCUT2D eigenvalue weighted by Crippen LogP contribution is -1.84. The third-order valence-electron chi connectivity index (χ3n) is 3.20. The second-order valence-electron chi connectivity index (χ2n) is 4.79. The Kier molecular flexibility index (Phi) is 9.03. The van der Waals surface area contributed by atoms with Crippen LogP contribution in [0.2, 0.25) is 0 Å². The highest BCUT2D eigenvalue weighted by molar-refractivity contribution is 7.07. The molecule has 0 aliphatic heterocycles. The molecule has 0 bridgehead atoms. The molecule has 0 aromatic carbocycles. The number of allylic oxidation sites excluding steroid dienone is 1. The largest absolute Gasteiger partial charge is 0.152 e. The zero-order chi connectivity index (χ0) is 12.2. The van der Waals surface area contributed by atoms with Gasteiger partial charge < -0.3 is 0 Å². The van der Waals surface area contributed by atoms with Crippen LogP contribution in [0.4, 0.5) is 0 Å². The van der Waals surface area contributed by atoms with E-state index >= 15 is 0 Å². The molecule has 0 spiro atoms. The van der Waals surface area contributed by atoms with Gasteiger partial charge >= 0.3 is 0 Å². The summed E-state index contributed by atoms with van der Waals surface area (Å²) < 4.78 is 0. The summed E-state index contributed by atoms with van der Waals surface area (Å²) in [6.45, 7) is 3.75. The van der Waals surface area contributed by atoms with E-state index in [0.29, 0.717) is 0 Å². The maximum absolute atomic E-state index is 3.75. The van der Waals surface area contributed by atoms with Gasteiger partial charge in [-0.3, -0.25) is 0 Å². The summed E-state index contributed by atoms with van der Waals surface area (Å²) in [5.41, 5.74) is 1.53. The van der Waals surface area contributed by atoms with E-state index in [1.54, 1.807) is 0 Å². The molecule has 1 heterocycles. The van der Waals surface area contributed by atoms with E-state index in [9.17, 15) is 0 Å². The van der Waals surface area contributed by atoms with Gasteiger partial charge in [-0.1, -0.05) is 44.6 Å². The van der Waals surface area contributed by atoms with Gasteiger partial charge in [-0.05, 0) is 48.1 Å². The summed E-state index contributed by atoms with van der Waals surface area (Å²) in [6, 6.07) is 2.25. The minimum absolute atomic E-state index is 1.20. The lowest BCUT2D eigenvalue weighted by atomic mass is 10.1. The van der Waals surface area contributed by atoms with Gasteiger partial charge in [0.1, 0.15) is 0 Å². The molecule has 1 rings (SSSR count). The lowest BCUT2D eigenvalue weighted by molar-refractivity contribution is 0.569. The maximum Gasteiger partial charge on any atom is -0.00613 e. The SMILES string of the molecule is C=CCCCCCCCCCCc1ccsc1. The van der Waals surface area contributed by atoms with E-state index in [1.165, 1.54) is 69.8 Å². The van der Waals surface area contributed by atoms with Gasteiger partial charge in [-0.2, -0.15) is 11.3 Å². The summed E-state index contributed by atoms with van der Waals surface area (Å²) in [7, 11) is 0. The van der Waals surface area contributed by atoms with Gasteiger partial charge in [0.15, 0.2) is 0 Å². The van der Waals surface area contributed by atoms with Crippen molar-refractivity contribution in [3.63, 3.8) is 0 Å². The molecule has 0 aliphatic carbocycles. The predicted octanol–water partition coefficient (Wildman–Crippen LogP) is 5.99. The topological polar surface area (TPSA) is 0 Å². The van der Waals surface area contributed by atoms with Crippen molar-refractivity contribution in [3.05, 3.63) is 35.0 Å². The van der Waals surface area contributed by atoms with Crippen molar-refractivity contribution in [1.29, 1.82) is 0 Å². The normalized spacial score (nSPS) is 10.6. The summed E-state index contributed by atoms with van der Waals surface area (Å²) >= 11 is 1.81. The van der Waals surface area contributed by atoms with E-state index in [0.717, 1.165) is 0 Å².